The van der Waals surface area contributed by atoms with Gasteiger partial charge in [-0.05, 0) is 30.7 Å². The fourth-order valence-corrected chi connectivity index (χ4v) is 2.93. The first-order valence-corrected chi connectivity index (χ1v) is 9.70. The number of ether oxygens (including phenoxy) is 1. The molecule has 2 amide bonds. The highest BCUT2D eigenvalue weighted by Crippen LogP contribution is 2.26. The number of nitriles is 1. The molecular weight excluding hydrogens is 366 g/mol. The molecule has 6 nitrogen and oxygen atoms in total. The van der Waals surface area contributed by atoms with Crippen LogP contribution in [0.25, 0.3) is 0 Å². The summed E-state index contributed by atoms with van der Waals surface area (Å²) in [5.41, 5.74) is 0.731. The average Bonchev–Trinajstić information content (AvgIpc) is 2.69. The Morgan fingerprint density at radius 1 is 1.14 bits per heavy atom. The van der Waals surface area contributed by atoms with Crippen molar-refractivity contribution in [3.8, 4) is 11.8 Å². The summed E-state index contributed by atoms with van der Waals surface area (Å²) in [4.78, 5) is 26.6. The van der Waals surface area contributed by atoms with Crippen molar-refractivity contribution in [2.45, 2.75) is 40.0 Å². The van der Waals surface area contributed by atoms with Crippen molar-refractivity contribution in [2.75, 3.05) is 16.8 Å². The molecular formula is C23H27N3O3. The van der Waals surface area contributed by atoms with E-state index < -0.39 is 11.5 Å². The van der Waals surface area contributed by atoms with Crippen LogP contribution in [-0.2, 0) is 4.79 Å². The molecule has 0 atom stereocenters. The summed E-state index contributed by atoms with van der Waals surface area (Å²) < 4.78 is 5.51. The summed E-state index contributed by atoms with van der Waals surface area (Å²) in [6.07, 6.45) is 1.29. The summed E-state index contributed by atoms with van der Waals surface area (Å²) in [7, 11) is 0. The van der Waals surface area contributed by atoms with Crippen molar-refractivity contribution in [3.63, 3.8) is 0 Å². The van der Waals surface area contributed by atoms with E-state index in [9.17, 15) is 9.59 Å². The molecule has 6 heteroatoms. The molecule has 0 saturated carbocycles. The van der Waals surface area contributed by atoms with E-state index in [1.54, 1.807) is 36.4 Å². The second-order valence-corrected chi connectivity index (χ2v) is 7.38. The number of amides is 2. The molecule has 0 aliphatic heterocycles. The lowest BCUT2D eigenvalue weighted by Crippen LogP contribution is -2.34. The van der Waals surface area contributed by atoms with Crippen molar-refractivity contribution in [2.24, 2.45) is 5.41 Å². The van der Waals surface area contributed by atoms with Gasteiger partial charge in [-0.3, -0.25) is 9.69 Å². The third kappa shape index (κ3) is 6.35. The zero-order chi connectivity index (χ0) is 21.3. The lowest BCUT2D eigenvalue weighted by molar-refractivity contribution is -0.124. The summed E-state index contributed by atoms with van der Waals surface area (Å²) >= 11 is 0. The molecule has 152 valence electrons. The molecule has 2 aromatic rings. The van der Waals surface area contributed by atoms with Gasteiger partial charge in [0.25, 0.3) is 0 Å². The zero-order valence-electron chi connectivity index (χ0n) is 17.1. The minimum Gasteiger partial charge on any atom is -0.410 e. The number of carbonyl (C=O) groups excluding carboxylic acids is 2. The molecule has 0 saturated heterocycles. The third-order valence-corrected chi connectivity index (χ3v) is 4.52. The Labute approximate surface area is 172 Å². The number of hydrogen-bond donors (Lipinski definition) is 1. The molecule has 2 aromatic carbocycles. The fraction of sp³-hybridized carbons (Fsp3) is 0.348. The van der Waals surface area contributed by atoms with Crippen LogP contribution in [0.15, 0.2) is 54.6 Å². The number of para-hydroxylation sites is 1. The first-order valence-electron chi connectivity index (χ1n) is 9.70. The van der Waals surface area contributed by atoms with Crippen LogP contribution in [0.3, 0.4) is 0 Å². The molecule has 0 heterocycles. The van der Waals surface area contributed by atoms with Gasteiger partial charge in [-0.15, -0.1) is 0 Å². The third-order valence-electron chi connectivity index (χ3n) is 4.52. The summed E-state index contributed by atoms with van der Waals surface area (Å²) in [6.45, 7) is 6.08. The molecule has 0 spiro atoms. The van der Waals surface area contributed by atoms with Crippen LogP contribution in [0.2, 0.25) is 0 Å². The number of rotatable bonds is 8. The summed E-state index contributed by atoms with van der Waals surface area (Å²) in [6, 6.07) is 17.8. The monoisotopic (exact) mass is 393 g/mol. The Hall–Kier alpha value is -3.33. The van der Waals surface area contributed by atoms with E-state index in [1.807, 2.05) is 45.0 Å². The normalized spacial score (nSPS) is 10.7. The molecule has 0 fully saturated rings. The van der Waals surface area contributed by atoms with Gasteiger partial charge in [0.15, 0.2) is 0 Å². The molecule has 0 unspecified atom stereocenters. The van der Waals surface area contributed by atoms with Crippen LogP contribution in [0.1, 0.15) is 40.0 Å². The molecule has 29 heavy (non-hydrogen) atoms. The lowest BCUT2D eigenvalue weighted by atomic mass is 9.87. The van der Waals surface area contributed by atoms with Gasteiger partial charge in [0.2, 0.25) is 5.91 Å². The Balaban J connectivity index is 2.12. The zero-order valence-corrected chi connectivity index (χ0v) is 17.1. The fourth-order valence-electron chi connectivity index (χ4n) is 2.93. The van der Waals surface area contributed by atoms with E-state index in [0.717, 1.165) is 12.8 Å². The van der Waals surface area contributed by atoms with Gasteiger partial charge in [0.05, 0.1) is 12.5 Å². The van der Waals surface area contributed by atoms with Crippen molar-refractivity contribution in [1.29, 1.82) is 5.26 Å². The molecule has 2 rings (SSSR count). The summed E-state index contributed by atoms with van der Waals surface area (Å²) in [5.74, 6) is 0.238. The number of anilines is 2. The highest BCUT2D eigenvalue weighted by atomic mass is 16.6. The largest absolute Gasteiger partial charge is 0.419 e. The number of nitrogens with zero attached hydrogens (tertiary/aromatic N) is 2. The maximum absolute atomic E-state index is 12.7. The highest BCUT2D eigenvalue weighted by molar-refractivity contribution is 5.95. The van der Waals surface area contributed by atoms with E-state index in [0.29, 0.717) is 17.1 Å². The minimum atomic E-state index is -0.582. The second-order valence-electron chi connectivity index (χ2n) is 7.38. The van der Waals surface area contributed by atoms with Crippen LogP contribution in [0, 0.1) is 16.7 Å². The lowest BCUT2D eigenvalue weighted by Gasteiger charge is -2.23. The first-order chi connectivity index (χ1) is 13.9. The number of carbonyl (C=O) groups is 2. The van der Waals surface area contributed by atoms with Gasteiger partial charge < -0.3 is 10.1 Å². The number of nitrogens with one attached hydrogen (secondary N) is 1. The van der Waals surface area contributed by atoms with Crippen LogP contribution in [0.5, 0.6) is 5.75 Å². The summed E-state index contributed by atoms with van der Waals surface area (Å²) in [5, 5.41) is 11.8. The SMILES string of the molecule is CCCC(C)(C)C(=O)Nc1cccc(OC(=O)N(CCC#N)c2ccccc2)c1. The van der Waals surface area contributed by atoms with E-state index in [-0.39, 0.29) is 18.9 Å². The van der Waals surface area contributed by atoms with Crippen LogP contribution in [-0.4, -0.2) is 18.5 Å². The first kappa shape index (κ1) is 22.0. The Morgan fingerprint density at radius 3 is 2.52 bits per heavy atom. The topological polar surface area (TPSA) is 82.4 Å². The number of benzene rings is 2. The molecule has 0 bridgehead atoms. The van der Waals surface area contributed by atoms with Gasteiger partial charge in [0, 0.05) is 29.4 Å². The van der Waals surface area contributed by atoms with Gasteiger partial charge in [0.1, 0.15) is 5.75 Å². The van der Waals surface area contributed by atoms with E-state index >= 15 is 0 Å². The molecule has 0 aliphatic carbocycles. The average molecular weight is 393 g/mol. The second kappa shape index (κ2) is 10.3. The molecule has 0 aromatic heterocycles. The molecule has 0 aliphatic rings. The van der Waals surface area contributed by atoms with Crippen molar-refractivity contribution >= 4 is 23.4 Å². The van der Waals surface area contributed by atoms with Crippen molar-refractivity contribution in [3.05, 3.63) is 54.6 Å². The van der Waals surface area contributed by atoms with Gasteiger partial charge in [-0.1, -0.05) is 51.5 Å². The Kier molecular flexibility index (Phi) is 7.79. The van der Waals surface area contributed by atoms with E-state index in [1.165, 1.54) is 4.90 Å². The Bertz CT molecular complexity index is 872. The Morgan fingerprint density at radius 2 is 1.86 bits per heavy atom. The minimum absolute atomic E-state index is 0.0808. The van der Waals surface area contributed by atoms with Crippen molar-refractivity contribution in [1.82, 2.24) is 0 Å². The van der Waals surface area contributed by atoms with Crippen LogP contribution in [0.4, 0.5) is 16.2 Å². The number of hydrogen-bond acceptors (Lipinski definition) is 4. The predicted octanol–water partition coefficient (Wildman–Crippen LogP) is 5.37. The maximum Gasteiger partial charge on any atom is 0.419 e. The standard InChI is InChI=1S/C23H27N3O3/c1-4-14-23(2,3)21(27)25-18-10-8-13-20(17-18)29-22(28)26(16-9-15-24)19-11-6-5-7-12-19/h5-8,10-13,17H,4,9,14,16H2,1-3H3,(H,25,27). The van der Waals surface area contributed by atoms with Gasteiger partial charge in [-0.2, -0.15) is 5.26 Å². The van der Waals surface area contributed by atoms with Crippen LogP contribution >= 0.6 is 0 Å². The van der Waals surface area contributed by atoms with E-state index in [4.69, 9.17) is 10.00 Å². The molecule has 0 radical (unpaired) electrons. The smallest absolute Gasteiger partial charge is 0.410 e. The van der Waals surface area contributed by atoms with Crippen LogP contribution < -0.4 is 15.0 Å². The predicted molar refractivity (Wildman–Crippen MR) is 114 cm³/mol. The highest BCUT2D eigenvalue weighted by Gasteiger charge is 2.26. The van der Waals surface area contributed by atoms with Gasteiger partial charge in [-0.25, -0.2) is 4.79 Å². The van der Waals surface area contributed by atoms with E-state index in [2.05, 4.69) is 5.32 Å². The molecule has 1 N–H and O–H groups in total. The van der Waals surface area contributed by atoms with Crippen molar-refractivity contribution < 1.29 is 14.3 Å². The quantitative estimate of drug-likeness (QED) is 0.653. The maximum atomic E-state index is 12.7. The van der Waals surface area contributed by atoms with Gasteiger partial charge >= 0.3 is 6.09 Å².